The summed E-state index contributed by atoms with van der Waals surface area (Å²) in [4.78, 5) is 7.07. The van der Waals surface area contributed by atoms with Gasteiger partial charge in [0.05, 0.1) is 11.4 Å². The van der Waals surface area contributed by atoms with Crippen molar-refractivity contribution in [3.8, 4) is 0 Å². The van der Waals surface area contributed by atoms with Gasteiger partial charge in [-0.3, -0.25) is 0 Å². The van der Waals surface area contributed by atoms with Crippen LogP contribution in [0, 0.1) is 0 Å². The zero-order valence-electron chi connectivity index (χ0n) is 16.3. The molecule has 0 saturated carbocycles. The number of anilines is 1. The van der Waals surface area contributed by atoms with Crippen molar-refractivity contribution < 1.29 is 5.11 Å². The van der Waals surface area contributed by atoms with E-state index in [4.69, 9.17) is 4.99 Å². The maximum atomic E-state index is 12.0. The third-order valence-electron chi connectivity index (χ3n) is 5.78. The van der Waals surface area contributed by atoms with Gasteiger partial charge in [-0.2, -0.15) is 0 Å². The van der Waals surface area contributed by atoms with E-state index < -0.39 is 5.60 Å². The minimum absolute atomic E-state index is 0.377. The predicted octanol–water partition coefficient (Wildman–Crippen LogP) is 5.65. The smallest absolute Gasteiger partial charge is 0.122 e. The van der Waals surface area contributed by atoms with E-state index in [1.807, 2.05) is 79.8 Å². The first-order chi connectivity index (χ1) is 14.2. The molecular formula is C26H22N2O. The van der Waals surface area contributed by atoms with Gasteiger partial charge >= 0.3 is 0 Å². The van der Waals surface area contributed by atoms with Crippen LogP contribution in [0.15, 0.2) is 102 Å². The molecule has 0 bridgehead atoms. The number of aliphatic hydroxyl groups is 1. The lowest BCUT2D eigenvalue weighted by Gasteiger charge is -2.35. The van der Waals surface area contributed by atoms with Crippen molar-refractivity contribution in [2.45, 2.75) is 12.0 Å². The van der Waals surface area contributed by atoms with Crippen molar-refractivity contribution in [1.82, 2.24) is 0 Å². The fraction of sp³-hybridized carbons (Fsp3) is 0.115. The molecule has 0 aliphatic carbocycles. The average Bonchev–Trinajstić information content (AvgIpc) is 2.78. The molecule has 1 aliphatic rings. The lowest BCUT2D eigenvalue weighted by atomic mass is 9.82. The van der Waals surface area contributed by atoms with Gasteiger partial charge in [0, 0.05) is 18.9 Å². The van der Waals surface area contributed by atoms with Gasteiger partial charge in [0.2, 0.25) is 0 Å². The van der Waals surface area contributed by atoms with Crippen LogP contribution in [0.4, 0.5) is 11.4 Å². The maximum Gasteiger partial charge on any atom is 0.122 e. The first kappa shape index (κ1) is 17.7. The number of nitrogens with zero attached hydrogens (tertiary/aromatic N) is 2. The van der Waals surface area contributed by atoms with Gasteiger partial charge in [-0.05, 0) is 28.6 Å². The van der Waals surface area contributed by atoms with Crippen LogP contribution in [-0.2, 0) is 5.60 Å². The normalized spacial score (nSPS) is 13.4. The molecule has 1 aliphatic heterocycles. The van der Waals surface area contributed by atoms with E-state index in [-0.39, 0.29) is 0 Å². The van der Waals surface area contributed by atoms with Crippen LogP contribution in [0.25, 0.3) is 10.8 Å². The monoisotopic (exact) mass is 378 g/mol. The van der Waals surface area contributed by atoms with Crippen LogP contribution in [0.3, 0.4) is 0 Å². The van der Waals surface area contributed by atoms with Crippen LogP contribution >= 0.6 is 0 Å². The largest absolute Gasteiger partial charge is 0.380 e. The number of hydrogen-bond donors (Lipinski definition) is 1. The Hall–Kier alpha value is -3.43. The molecule has 5 rings (SSSR count). The van der Waals surface area contributed by atoms with Crippen molar-refractivity contribution >= 4 is 28.0 Å². The van der Waals surface area contributed by atoms with Crippen LogP contribution in [0.5, 0.6) is 0 Å². The van der Waals surface area contributed by atoms with Crippen molar-refractivity contribution in [2.24, 2.45) is 4.99 Å². The van der Waals surface area contributed by atoms with E-state index >= 15 is 0 Å². The zero-order chi connectivity index (χ0) is 19.8. The summed E-state index contributed by atoms with van der Waals surface area (Å²) in [6.07, 6.45) is 0.377. The lowest BCUT2D eigenvalue weighted by Crippen LogP contribution is -2.38. The van der Waals surface area contributed by atoms with E-state index in [2.05, 4.69) is 29.2 Å². The summed E-state index contributed by atoms with van der Waals surface area (Å²) in [5.74, 6) is 0.839. The van der Waals surface area contributed by atoms with Gasteiger partial charge in [-0.15, -0.1) is 0 Å². The fourth-order valence-corrected chi connectivity index (χ4v) is 4.21. The fourth-order valence-electron chi connectivity index (χ4n) is 4.21. The molecule has 3 nitrogen and oxygen atoms in total. The van der Waals surface area contributed by atoms with Crippen molar-refractivity contribution in [3.63, 3.8) is 0 Å². The van der Waals surface area contributed by atoms with Crippen molar-refractivity contribution in [2.75, 3.05) is 11.9 Å². The SMILES string of the molecule is CN1C(CC(O)(c2ccccc2)c2ccccc2)=Nc2cccc3cccc1c23. The van der Waals surface area contributed by atoms with Crippen LogP contribution in [0.2, 0.25) is 0 Å². The Kier molecular flexibility index (Phi) is 4.18. The van der Waals surface area contributed by atoms with Gasteiger partial charge < -0.3 is 10.0 Å². The standard InChI is InChI=1S/C26H22N2O/c1-28-23-17-9-11-19-10-8-16-22(25(19)23)27-24(28)18-26(29,20-12-4-2-5-13-20)21-14-6-3-7-15-21/h2-17,29H,18H2,1H3. The minimum Gasteiger partial charge on any atom is -0.380 e. The maximum absolute atomic E-state index is 12.0. The first-order valence-corrected chi connectivity index (χ1v) is 9.83. The molecular weight excluding hydrogens is 356 g/mol. The summed E-state index contributed by atoms with van der Waals surface area (Å²) in [7, 11) is 2.03. The summed E-state index contributed by atoms with van der Waals surface area (Å²) >= 11 is 0. The van der Waals surface area contributed by atoms with E-state index in [0.29, 0.717) is 6.42 Å². The average molecular weight is 378 g/mol. The van der Waals surface area contributed by atoms with Gasteiger partial charge in [-0.25, -0.2) is 4.99 Å². The molecule has 0 aromatic heterocycles. The van der Waals surface area contributed by atoms with Gasteiger partial charge in [0.25, 0.3) is 0 Å². The number of amidine groups is 1. The number of aliphatic imine (C=N–C) groups is 1. The molecule has 0 fully saturated rings. The van der Waals surface area contributed by atoms with Crippen LogP contribution < -0.4 is 4.90 Å². The Morgan fingerprint density at radius 1 is 0.759 bits per heavy atom. The molecule has 0 amide bonds. The third kappa shape index (κ3) is 2.91. The van der Waals surface area contributed by atoms with E-state index in [1.165, 1.54) is 5.39 Å². The van der Waals surface area contributed by atoms with Gasteiger partial charge in [-0.1, -0.05) is 84.9 Å². The molecule has 29 heavy (non-hydrogen) atoms. The van der Waals surface area contributed by atoms with Crippen molar-refractivity contribution in [3.05, 3.63) is 108 Å². The lowest BCUT2D eigenvalue weighted by molar-refractivity contribution is 0.0885. The molecule has 1 N–H and O–H groups in total. The Morgan fingerprint density at radius 2 is 1.34 bits per heavy atom. The summed E-state index contributed by atoms with van der Waals surface area (Å²) in [6.45, 7) is 0. The van der Waals surface area contributed by atoms with Crippen LogP contribution in [0.1, 0.15) is 17.5 Å². The van der Waals surface area contributed by atoms with Crippen molar-refractivity contribution in [1.29, 1.82) is 0 Å². The molecule has 0 radical (unpaired) electrons. The Bertz CT molecular complexity index is 1150. The Morgan fingerprint density at radius 3 is 1.97 bits per heavy atom. The Balaban J connectivity index is 1.65. The van der Waals surface area contributed by atoms with E-state index in [1.54, 1.807) is 0 Å². The topological polar surface area (TPSA) is 35.8 Å². The molecule has 4 aromatic carbocycles. The summed E-state index contributed by atoms with van der Waals surface area (Å²) < 4.78 is 0. The van der Waals surface area contributed by atoms with Gasteiger partial charge in [0.15, 0.2) is 0 Å². The highest BCUT2D eigenvalue weighted by Crippen LogP contribution is 2.41. The molecule has 3 heteroatoms. The second kappa shape index (κ2) is 6.87. The zero-order valence-corrected chi connectivity index (χ0v) is 16.3. The van der Waals surface area contributed by atoms with E-state index in [0.717, 1.165) is 33.7 Å². The highest BCUT2D eigenvalue weighted by Gasteiger charge is 2.35. The summed E-state index contributed by atoms with van der Waals surface area (Å²) in [6, 6.07) is 32.2. The number of benzene rings is 4. The van der Waals surface area contributed by atoms with Gasteiger partial charge in [0.1, 0.15) is 11.4 Å². The molecule has 0 saturated heterocycles. The second-order valence-electron chi connectivity index (χ2n) is 7.51. The number of rotatable bonds is 4. The van der Waals surface area contributed by atoms with E-state index in [9.17, 15) is 5.11 Å². The predicted molar refractivity (Wildman–Crippen MR) is 120 cm³/mol. The highest BCUT2D eigenvalue weighted by atomic mass is 16.3. The Labute approximate surface area is 170 Å². The minimum atomic E-state index is -1.17. The number of hydrogen-bond acceptors (Lipinski definition) is 3. The quantitative estimate of drug-likeness (QED) is 0.498. The van der Waals surface area contributed by atoms with Crippen LogP contribution in [-0.4, -0.2) is 18.0 Å². The molecule has 1 heterocycles. The molecule has 0 atom stereocenters. The molecule has 142 valence electrons. The highest BCUT2D eigenvalue weighted by molar-refractivity contribution is 6.14. The summed E-state index contributed by atoms with van der Waals surface area (Å²) in [5.41, 5.74) is 2.62. The molecule has 0 spiro atoms. The third-order valence-corrected chi connectivity index (χ3v) is 5.78. The molecule has 0 unspecified atom stereocenters. The summed E-state index contributed by atoms with van der Waals surface area (Å²) in [5, 5.41) is 14.3. The first-order valence-electron chi connectivity index (χ1n) is 9.83. The molecule has 4 aromatic rings. The second-order valence-corrected chi connectivity index (χ2v) is 7.51.